The molecular weight excluding hydrogens is 278 g/mol. The quantitative estimate of drug-likeness (QED) is 0.366. The first-order chi connectivity index (χ1) is 9.49. The normalized spacial score (nSPS) is 13.1. The van der Waals surface area contributed by atoms with Crippen LogP contribution in [-0.2, 0) is 11.3 Å². The fraction of sp³-hybridized carbons (Fsp3) is 0.429. The van der Waals surface area contributed by atoms with Crippen molar-refractivity contribution in [3.05, 3.63) is 34.9 Å². The molecule has 0 radical (unpaired) electrons. The van der Waals surface area contributed by atoms with Gasteiger partial charge in [0.1, 0.15) is 0 Å². The summed E-state index contributed by atoms with van der Waals surface area (Å²) < 4.78 is 0. The van der Waals surface area contributed by atoms with Gasteiger partial charge < -0.3 is 15.8 Å². The molecule has 3 N–H and O–H groups in total. The maximum Gasteiger partial charge on any atom is 0.233 e. The molecule has 0 aliphatic heterocycles. The molecule has 0 aromatic heterocycles. The number of carbonyl (C=O) groups is 1. The molecule has 20 heavy (non-hydrogen) atoms. The predicted octanol–water partition coefficient (Wildman–Crippen LogP) is 2.46. The van der Waals surface area contributed by atoms with Gasteiger partial charge in [-0.05, 0) is 24.1 Å². The Hall–Kier alpha value is -1.75. The largest absolute Gasteiger partial charge is 0.409 e. The molecule has 5 nitrogen and oxygen atoms in total. The van der Waals surface area contributed by atoms with Crippen molar-refractivity contribution in [2.45, 2.75) is 26.3 Å². The molecule has 1 amide bonds. The number of nitrogens with zero attached hydrogens (tertiary/aromatic N) is 2. The lowest BCUT2D eigenvalue weighted by molar-refractivity contribution is -0.132. The number of halogens is 1. The standard InChI is InChI=1S/C14H20ClN3O2/c1-3-4-12(13(16)17-20)14(19)18(2)9-10-5-7-11(15)8-6-10/h5-8,12,20H,3-4,9H2,1-2H3,(H2,16,17). The van der Waals surface area contributed by atoms with Gasteiger partial charge in [-0.25, -0.2) is 0 Å². The minimum Gasteiger partial charge on any atom is -0.409 e. The number of benzene rings is 1. The van der Waals surface area contributed by atoms with Crippen LogP contribution in [0.1, 0.15) is 25.3 Å². The molecule has 1 aromatic carbocycles. The number of rotatable bonds is 6. The zero-order valence-corrected chi connectivity index (χ0v) is 12.5. The van der Waals surface area contributed by atoms with E-state index in [2.05, 4.69) is 5.16 Å². The Balaban J connectivity index is 2.76. The summed E-state index contributed by atoms with van der Waals surface area (Å²) in [5.74, 6) is -0.779. The molecule has 0 saturated heterocycles. The van der Waals surface area contributed by atoms with Gasteiger partial charge >= 0.3 is 0 Å². The first-order valence-electron chi connectivity index (χ1n) is 6.46. The van der Waals surface area contributed by atoms with E-state index in [-0.39, 0.29) is 11.7 Å². The Kier molecular flexibility index (Phi) is 6.31. The number of oxime groups is 1. The monoisotopic (exact) mass is 297 g/mol. The molecule has 0 bridgehead atoms. The molecule has 0 fully saturated rings. The highest BCUT2D eigenvalue weighted by Crippen LogP contribution is 2.14. The summed E-state index contributed by atoms with van der Waals surface area (Å²) in [7, 11) is 1.70. The van der Waals surface area contributed by atoms with E-state index in [4.69, 9.17) is 22.5 Å². The second-order valence-electron chi connectivity index (χ2n) is 4.69. The first kappa shape index (κ1) is 16.3. The van der Waals surface area contributed by atoms with Crippen LogP contribution in [0.25, 0.3) is 0 Å². The molecule has 0 heterocycles. The van der Waals surface area contributed by atoms with Crippen LogP contribution < -0.4 is 5.73 Å². The number of hydrogen-bond acceptors (Lipinski definition) is 3. The van der Waals surface area contributed by atoms with Crippen LogP contribution in [0, 0.1) is 5.92 Å². The van der Waals surface area contributed by atoms with Crippen LogP contribution in [0.4, 0.5) is 0 Å². The fourth-order valence-electron chi connectivity index (χ4n) is 1.96. The Bertz CT molecular complexity index is 474. The summed E-state index contributed by atoms with van der Waals surface area (Å²) >= 11 is 5.82. The third-order valence-electron chi connectivity index (χ3n) is 3.06. The smallest absolute Gasteiger partial charge is 0.233 e. The van der Waals surface area contributed by atoms with Gasteiger partial charge in [0.25, 0.3) is 0 Å². The fourth-order valence-corrected chi connectivity index (χ4v) is 2.09. The molecule has 1 rings (SSSR count). The second-order valence-corrected chi connectivity index (χ2v) is 5.12. The summed E-state index contributed by atoms with van der Waals surface area (Å²) in [5.41, 5.74) is 6.56. The summed E-state index contributed by atoms with van der Waals surface area (Å²) in [6.07, 6.45) is 1.33. The topological polar surface area (TPSA) is 78.9 Å². The van der Waals surface area contributed by atoms with Gasteiger partial charge in [-0.2, -0.15) is 0 Å². The second kappa shape index (κ2) is 7.75. The van der Waals surface area contributed by atoms with Crippen LogP contribution in [0.2, 0.25) is 5.02 Å². The minimum atomic E-state index is -0.581. The first-order valence-corrected chi connectivity index (χ1v) is 6.84. The number of nitrogens with two attached hydrogens (primary N) is 1. The van der Waals surface area contributed by atoms with Gasteiger partial charge in [-0.1, -0.05) is 42.2 Å². The number of amidine groups is 1. The van der Waals surface area contributed by atoms with Gasteiger partial charge in [0.15, 0.2) is 5.84 Å². The van der Waals surface area contributed by atoms with Crippen molar-refractivity contribution in [2.24, 2.45) is 16.8 Å². The molecule has 6 heteroatoms. The molecule has 0 aliphatic carbocycles. The van der Waals surface area contributed by atoms with Gasteiger partial charge in [-0.15, -0.1) is 0 Å². The predicted molar refractivity (Wildman–Crippen MR) is 79.7 cm³/mol. The van der Waals surface area contributed by atoms with Gasteiger partial charge in [0, 0.05) is 18.6 Å². The van der Waals surface area contributed by atoms with Crippen LogP contribution in [0.5, 0.6) is 0 Å². The molecule has 0 saturated carbocycles. The summed E-state index contributed by atoms with van der Waals surface area (Å²) in [4.78, 5) is 13.9. The van der Waals surface area contributed by atoms with E-state index in [1.807, 2.05) is 19.1 Å². The number of amides is 1. The molecule has 110 valence electrons. The molecule has 1 unspecified atom stereocenters. The molecule has 1 aromatic rings. The molecular formula is C14H20ClN3O2. The Labute approximate surface area is 124 Å². The third kappa shape index (κ3) is 4.42. The molecule has 0 aliphatic rings. The van der Waals surface area contributed by atoms with Crippen molar-refractivity contribution in [1.29, 1.82) is 0 Å². The van der Waals surface area contributed by atoms with Gasteiger partial charge in [-0.3, -0.25) is 4.79 Å². The zero-order chi connectivity index (χ0) is 15.1. The van der Waals surface area contributed by atoms with E-state index in [1.165, 1.54) is 0 Å². The van der Waals surface area contributed by atoms with Crippen LogP contribution in [-0.4, -0.2) is 28.9 Å². The van der Waals surface area contributed by atoms with Crippen LogP contribution >= 0.6 is 11.6 Å². The van der Waals surface area contributed by atoms with E-state index < -0.39 is 5.92 Å². The molecule has 0 spiro atoms. The lowest BCUT2D eigenvalue weighted by Crippen LogP contribution is -2.39. The average molecular weight is 298 g/mol. The van der Waals surface area contributed by atoms with Crippen LogP contribution in [0.3, 0.4) is 0 Å². The van der Waals surface area contributed by atoms with Gasteiger partial charge in [0.2, 0.25) is 5.91 Å². The highest BCUT2D eigenvalue weighted by Gasteiger charge is 2.25. The van der Waals surface area contributed by atoms with Gasteiger partial charge in [0.05, 0.1) is 5.92 Å². The van der Waals surface area contributed by atoms with Crippen LogP contribution in [0.15, 0.2) is 29.4 Å². The maximum atomic E-state index is 12.3. The SMILES string of the molecule is CCCC(C(=O)N(C)Cc1ccc(Cl)cc1)C(N)=NO. The van der Waals surface area contributed by atoms with Crippen molar-refractivity contribution in [1.82, 2.24) is 4.90 Å². The van der Waals surface area contributed by atoms with Crippen molar-refractivity contribution in [3.63, 3.8) is 0 Å². The van der Waals surface area contributed by atoms with E-state index in [0.29, 0.717) is 18.0 Å². The van der Waals surface area contributed by atoms with E-state index in [9.17, 15) is 4.79 Å². The van der Waals surface area contributed by atoms with Crippen molar-refractivity contribution < 1.29 is 10.0 Å². The minimum absolute atomic E-state index is 0.0418. The number of carbonyl (C=O) groups excluding carboxylic acids is 1. The maximum absolute atomic E-state index is 12.3. The van der Waals surface area contributed by atoms with Crippen molar-refractivity contribution in [2.75, 3.05) is 7.05 Å². The Morgan fingerprint density at radius 1 is 1.45 bits per heavy atom. The molecule has 1 atom stereocenters. The summed E-state index contributed by atoms with van der Waals surface area (Å²) in [5, 5.41) is 12.4. The zero-order valence-electron chi connectivity index (χ0n) is 11.7. The van der Waals surface area contributed by atoms with E-state index >= 15 is 0 Å². The van der Waals surface area contributed by atoms with Crippen molar-refractivity contribution in [3.8, 4) is 0 Å². The lowest BCUT2D eigenvalue weighted by Gasteiger charge is -2.23. The highest BCUT2D eigenvalue weighted by molar-refractivity contribution is 6.30. The van der Waals surface area contributed by atoms with E-state index in [0.717, 1.165) is 12.0 Å². The van der Waals surface area contributed by atoms with Crippen molar-refractivity contribution >= 4 is 23.3 Å². The average Bonchev–Trinajstić information content (AvgIpc) is 2.45. The third-order valence-corrected chi connectivity index (χ3v) is 3.31. The van der Waals surface area contributed by atoms with E-state index in [1.54, 1.807) is 24.1 Å². The summed E-state index contributed by atoms with van der Waals surface area (Å²) in [6.45, 7) is 2.40. The Morgan fingerprint density at radius 2 is 2.05 bits per heavy atom. The number of hydrogen-bond donors (Lipinski definition) is 2. The highest BCUT2D eigenvalue weighted by atomic mass is 35.5. The lowest BCUT2D eigenvalue weighted by atomic mass is 10.0. The Morgan fingerprint density at radius 3 is 2.55 bits per heavy atom. The summed E-state index contributed by atoms with van der Waals surface area (Å²) in [6, 6.07) is 7.29.